The Hall–Kier alpha value is -4.09. The number of pyridine rings is 3. The van der Waals surface area contributed by atoms with Gasteiger partial charge in [0.25, 0.3) is 5.56 Å². The first-order valence-electron chi connectivity index (χ1n) is 12.0. The first-order valence-corrected chi connectivity index (χ1v) is 12.0. The summed E-state index contributed by atoms with van der Waals surface area (Å²) in [5, 5.41) is 9.39. The minimum absolute atomic E-state index is 0.0301. The predicted molar refractivity (Wildman–Crippen MR) is 137 cm³/mol. The molecule has 0 saturated carbocycles. The molecule has 5 rings (SSSR count). The molecule has 1 aliphatic rings. The zero-order valence-electron chi connectivity index (χ0n) is 20.5. The number of halogens is 1. The molecule has 1 fully saturated rings. The first-order chi connectivity index (χ1) is 17.4. The molecule has 0 radical (unpaired) electrons. The number of hydrogen-bond acceptors (Lipinski definition) is 6. The van der Waals surface area contributed by atoms with Crippen molar-refractivity contribution in [1.82, 2.24) is 19.4 Å². The molecule has 8 heteroatoms. The van der Waals surface area contributed by atoms with Gasteiger partial charge in [0.05, 0.1) is 22.9 Å². The van der Waals surface area contributed by atoms with Gasteiger partial charge in [-0.3, -0.25) is 14.7 Å². The Morgan fingerprint density at radius 3 is 2.61 bits per heavy atom. The van der Waals surface area contributed by atoms with Crippen LogP contribution in [0.3, 0.4) is 0 Å². The second-order valence-electron chi connectivity index (χ2n) is 9.30. The summed E-state index contributed by atoms with van der Waals surface area (Å²) in [5.74, 6) is -0.275. The largest absolute Gasteiger partial charge is 0.364 e. The number of aromatic nitrogens is 3. The van der Waals surface area contributed by atoms with E-state index in [1.165, 1.54) is 6.07 Å². The van der Waals surface area contributed by atoms with E-state index in [0.717, 1.165) is 22.6 Å². The molecular weight excluding hydrogens is 455 g/mol. The van der Waals surface area contributed by atoms with E-state index in [4.69, 9.17) is 4.98 Å². The Kier molecular flexibility index (Phi) is 6.25. The van der Waals surface area contributed by atoms with Gasteiger partial charge in [-0.05, 0) is 55.8 Å². The van der Waals surface area contributed by atoms with Crippen LogP contribution in [0.2, 0.25) is 0 Å². The molecule has 0 bridgehead atoms. The maximum Gasteiger partial charge on any atom is 0.252 e. The Labute approximate surface area is 209 Å². The molecule has 0 amide bonds. The van der Waals surface area contributed by atoms with Crippen molar-refractivity contribution >= 4 is 16.7 Å². The normalized spacial score (nSPS) is 17.2. The Morgan fingerprint density at radius 2 is 1.89 bits per heavy atom. The minimum atomic E-state index is -0.275. The molecule has 1 aliphatic heterocycles. The van der Waals surface area contributed by atoms with Gasteiger partial charge in [-0.1, -0.05) is 18.2 Å². The fourth-order valence-corrected chi connectivity index (χ4v) is 5.13. The van der Waals surface area contributed by atoms with Crippen LogP contribution in [-0.4, -0.2) is 45.1 Å². The molecule has 0 spiro atoms. The highest BCUT2D eigenvalue weighted by atomic mass is 19.1. The summed E-state index contributed by atoms with van der Waals surface area (Å²) < 4.78 is 15.8. The zero-order chi connectivity index (χ0) is 25.4. The van der Waals surface area contributed by atoms with Crippen molar-refractivity contribution in [3.63, 3.8) is 0 Å². The monoisotopic (exact) mass is 482 g/mol. The zero-order valence-corrected chi connectivity index (χ0v) is 20.5. The number of fused-ring (bicyclic) bond motifs is 1. The molecule has 0 N–H and O–H groups in total. The van der Waals surface area contributed by atoms with Gasteiger partial charge in [-0.15, -0.1) is 0 Å². The quantitative estimate of drug-likeness (QED) is 0.438. The van der Waals surface area contributed by atoms with E-state index in [1.807, 2.05) is 31.2 Å². The van der Waals surface area contributed by atoms with Crippen LogP contribution in [0.1, 0.15) is 35.6 Å². The summed E-state index contributed by atoms with van der Waals surface area (Å²) in [4.78, 5) is 26.6. The Morgan fingerprint density at radius 1 is 1.08 bits per heavy atom. The van der Waals surface area contributed by atoms with E-state index in [0.29, 0.717) is 36.4 Å². The number of nitrogens with zero attached hydrogens (tertiary/aromatic N) is 6. The maximum absolute atomic E-state index is 14.2. The van der Waals surface area contributed by atoms with Gasteiger partial charge in [0.2, 0.25) is 0 Å². The summed E-state index contributed by atoms with van der Waals surface area (Å²) in [6.07, 6.45) is 0. The average molecular weight is 483 g/mol. The Bertz CT molecular complexity index is 1500. The summed E-state index contributed by atoms with van der Waals surface area (Å²) in [7, 11) is 1.71. The fraction of sp³-hybridized carbons (Fsp3) is 0.286. The molecular formula is C28H27FN6O. The lowest BCUT2D eigenvalue weighted by Gasteiger charge is -2.44. The molecule has 1 saturated heterocycles. The topological polar surface area (TPSA) is 78.0 Å². The fourth-order valence-electron chi connectivity index (χ4n) is 5.13. The molecule has 1 aromatic carbocycles. The smallest absolute Gasteiger partial charge is 0.252 e. The van der Waals surface area contributed by atoms with Crippen molar-refractivity contribution in [3.05, 3.63) is 99.5 Å². The van der Waals surface area contributed by atoms with Crippen LogP contribution < -0.4 is 10.5 Å². The van der Waals surface area contributed by atoms with E-state index in [1.54, 1.807) is 41.9 Å². The van der Waals surface area contributed by atoms with Gasteiger partial charge < -0.3 is 9.47 Å². The van der Waals surface area contributed by atoms with Gasteiger partial charge in [0.15, 0.2) is 0 Å². The van der Waals surface area contributed by atoms with Crippen LogP contribution in [-0.2, 0) is 7.05 Å². The van der Waals surface area contributed by atoms with E-state index >= 15 is 0 Å². The predicted octanol–water partition coefficient (Wildman–Crippen LogP) is 3.95. The van der Waals surface area contributed by atoms with Crippen molar-refractivity contribution in [2.45, 2.75) is 25.9 Å². The number of benzene rings is 1. The highest BCUT2D eigenvalue weighted by molar-refractivity contribution is 5.89. The van der Waals surface area contributed by atoms with Crippen LogP contribution in [0, 0.1) is 24.1 Å². The van der Waals surface area contributed by atoms with Crippen molar-refractivity contribution < 1.29 is 4.39 Å². The van der Waals surface area contributed by atoms with Crippen molar-refractivity contribution in [2.75, 3.05) is 24.5 Å². The number of hydrogen-bond donors (Lipinski definition) is 0. The maximum atomic E-state index is 14.2. The second-order valence-corrected chi connectivity index (χ2v) is 9.30. The molecule has 36 heavy (non-hydrogen) atoms. The summed E-state index contributed by atoms with van der Waals surface area (Å²) in [6, 6.07) is 19.6. The van der Waals surface area contributed by atoms with Gasteiger partial charge in [0, 0.05) is 44.5 Å². The van der Waals surface area contributed by atoms with Crippen LogP contribution in [0.5, 0.6) is 0 Å². The lowest BCUT2D eigenvalue weighted by atomic mass is 9.98. The van der Waals surface area contributed by atoms with E-state index in [9.17, 15) is 14.4 Å². The third-order valence-electron chi connectivity index (χ3n) is 6.87. The van der Waals surface area contributed by atoms with Crippen LogP contribution in [0.25, 0.3) is 11.0 Å². The third kappa shape index (κ3) is 4.34. The average Bonchev–Trinajstić information content (AvgIpc) is 2.86. The van der Waals surface area contributed by atoms with Crippen LogP contribution >= 0.6 is 0 Å². The molecule has 3 aromatic heterocycles. The highest BCUT2D eigenvalue weighted by Crippen LogP contribution is 2.33. The summed E-state index contributed by atoms with van der Waals surface area (Å²) >= 11 is 0. The summed E-state index contributed by atoms with van der Waals surface area (Å²) in [6.45, 7) is 6.05. The number of anilines is 1. The number of aryl methyl sites for hydroxylation is 2. The highest BCUT2D eigenvalue weighted by Gasteiger charge is 2.32. The third-order valence-corrected chi connectivity index (χ3v) is 6.87. The molecule has 2 atom stereocenters. The van der Waals surface area contributed by atoms with E-state index < -0.39 is 0 Å². The number of rotatable bonds is 4. The lowest BCUT2D eigenvalue weighted by molar-refractivity contribution is 0.185. The molecule has 0 aliphatic carbocycles. The SMILES string of the molecule is Cc1cccc(C(c2cccc(F)c2)N2CCN(c3cc(=O)n(C)c4ccc(C#N)nc34)[C@@H](C)C2)n1. The molecule has 7 nitrogen and oxygen atoms in total. The second kappa shape index (κ2) is 9.51. The van der Waals surface area contributed by atoms with Crippen molar-refractivity contribution in [3.8, 4) is 6.07 Å². The molecule has 4 heterocycles. The standard InChI is InChI=1S/C28H27FN6O/c1-18-6-4-9-23(31-18)28(20-7-5-8-21(29)14-20)34-12-13-35(19(2)17-34)25-15-26(36)33(3)24-11-10-22(16-30)32-27(24)25/h4-11,14-15,19,28H,12-13,17H2,1-3H3/t19-,28?/m0/s1. The number of piperazine rings is 1. The molecule has 182 valence electrons. The van der Waals surface area contributed by atoms with E-state index in [-0.39, 0.29) is 23.5 Å². The molecule has 1 unspecified atom stereocenters. The minimum Gasteiger partial charge on any atom is -0.364 e. The molecule has 4 aromatic rings. The van der Waals surface area contributed by atoms with Crippen LogP contribution in [0.4, 0.5) is 10.1 Å². The first kappa shape index (κ1) is 23.6. The van der Waals surface area contributed by atoms with Gasteiger partial charge in [-0.25, -0.2) is 9.37 Å². The Balaban J connectivity index is 1.52. The van der Waals surface area contributed by atoms with Gasteiger partial charge in [0.1, 0.15) is 23.1 Å². The lowest BCUT2D eigenvalue weighted by Crippen LogP contribution is -2.53. The van der Waals surface area contributed by atoms with Crippen molar-refractivity contribution in [2.24, 2.45) is 7.05 Å². The van der Waals surface area contributed by atoms with Crippen LogP contribution in [0.15, 0.2) is 65.5 Å². The van der Waals surface area contributed by atoms with Crippen molar-refractivity contribution in [1.29, 1.82) is 5.26 Å². The number of nitriles is 1. The van der Waals surface area contributed by atoms with Gasteiger partial charge >= 0.3 is 0 Å². The van der Waals surface area contributed by atoms with Gasteiger partial charge in [-0.2, -0.15) is 5.26 Å². The van der Waals surface area contributed by atoms with E-state index in [2.05, 4.69) is 27.8 Å². The summed E-state index contributed by atoms with van der Waals surface area (Å²) in [5.41, 5.74) is 4.88.